The van der Waals surface area contributed by atoms with E-state index in [1.807, 2.05) is 0 Å². The summed E-state index contributed by atoms with van der Waals surface area (Å²) < 4.78 is 0. The van der Waals surface area contributed by atoms with Gasteiger partial charge in [-0.2, -0.15) is 0 Å². The number of aliphatic carboxylic acids is 1. The number of rotatable bonds is 4. The van der Waals surface area contributed by atoms with Crippen LogP contribution in [0.5, 0.6) is 0 Å². The molecule has 0 bridgehead atoms. The molecule has 0 unspecified atom stereocenters. The van der Waals surface area contributed by atoms with Gasteiger partial charge in [0.2, 0.25) is 0 Å². The normalized spacial score (nSPS) is 47.1. The van der Waals surface area contributed by atoms with Gasteiger partial charge in [0, 0.05) is 19.3 Å². The lowest BCUT2D eigenvalue weighted by atomic mass is 9.46. The molecule has 0 spiro atoms. The highest BCUT2D eigenvalue weighted by Crippen LogP contribution is 2.66. The van der Waals surface area contributed by atoms with Crippen LogP contribution in [0.2, 0.25) is 0 Å². The summed E-state index contributed by atoms with van der Waals surface area (Å²) in [4.78, 5) is 23.0. The summed E-state index contributed by atoms with van der Waals surface area (Å²) in [5.41, 5.74) is 0.665. The molecule has 150 valence electrons. The maximum Gasteiger partial charge on any atom is 0.303 e. The van der Waals surface area contributed by atoms with Crippen molar-refractivity contribution >= 4 is 11.8 Å². The number of carbonyl (C=O) groups is 2. The minimum absolute atomic E-state index is 0.304. The molecule has 3 fully saturated rings. The van der Waals surface area contributed by atoms with Gasteiger partial charge in [-0.1, -0.05) is 32.9 Å². The van der Waals surface area contributed by atoms with Crippen molar-refractivity contribution in [1.29, 1.82) is 0 Å². The SMILES string of the molecule is C[C@H](CCC(=O)O)[C@H]1CC[C@H]2[C@@H]3C=C[C@@H]4CC(=O)CC[C@]4(C)[C@H]3CC[C@]12C. The van der Waals surface area contributed by atoms with Crippen molar-refractivity contribution in [2.45, 2.75) is 78.6 Å². The van der Waals surface area contributed by atoms with Gasteiger partial charge in [0.15, 0.2) is 0 Å². The molecule has 0 amide bonds. The van der Waals surface area contributed by atoms with Crippen LogP contribution in [0.1, 0.15) is 78.6 Å². The molecule has 1 N–H and O–H groups in total. The van der Waals surface area contributed by atoms with Crippen molar-refractivity contribution in [3.05, 3.63) is 12.2 Å². The average molecular weight is 373 g/mol. The molecule has 4 aliphatic rings. The van der Waals surface area contributed by atoms with Gasteiger partial charge in [-0.05, 0) is 84.9 Å². The Morgan fingerprint density at radius 3 is 2.63 bits per heavy atom. The Balaban J connectivity index is 1.55. The summed E-state index contributed by atoms with van der Waals surface area (Å²) in [7, 11) is 0. The summed E-state index contributed by atoms with van der Waals surface area (Å²) in [5, 5.41) is 9.08. The highest BCUT2D eigenvalue weighted by Gasteiger charge is 2.59. The summed E-state index contributed by atoms with van der Waals surface area (Å²) in [5.74, 6) is 3.53. The number of Topliss-reactive ketones (excluding diaryl/α,β-unsaturated/α-hetero) is 1. The van der Waals surface area contributed by atoms with Gasteiger partial charge < -0.3 is 5.11 Å². The van der Waals surface area contributed by atoms with Gasteiger partial charge in [0.1, 0.15) is 5.78 Å². The molecule has 3 nitrogen and oxygen atoms in total. The van der Waals surface area contributed by atoms with Crippen LogP contribution in [0.25, 0.3) is 0 Å². The van der Waals surface area contributed by atoms with E-state index in [-0.39, 0.29) is 0 Å². The maximum atomic E-state index is 12.0. The lowest BCUT2D eigenvalue weighted by Crippen LogP contribution is -2.52. The van der Waals surface area contributed by atoms with Crippen molar-refractivity contribution < 1.29 is 14.7 Å². The zero-order chi connectivity index (χ0) is 19.4. The number of hydrogen-bond donors (Lipinski definition) is 1. The van der Waals surface area contributed by atoms with Gasteiger partial charge in [0.05, 0.1) is 0 Å². The monoisotopic (exact) mass is 372 g/mol. The smallest absolute Gasteiger partial charge is 0.303 e. The first kappa shape index (κ1) is 19.2. The van der Waals surface area contributed by atoms with Crippen LogP contribution in [0.3, 0.4) is 0 Å². The number of allylic oxidation sites excluding steroid dienone is 2. The second-order valence-electron chi connectivity index (χ2n) is 10.7. The van der Waals surface area contributed by atoms with Crippen LogP contribution in [-0.2, 0) is 9.59 Å². The van der Waals surface area contributed by atoms with Crippen molar-refractivity contribution in [3.8, 4) is 0 Å². The van der Waals surface area contributed by atoms with Crippen LogP contribution in [0.4, 0.5) is 0 Å². The molecule has 0 saturated heterocycles. The summed E-state index contributed by atoms with van der Waals surface area (Å²) in [6.45, 7) is 7.26. The van der Waals surface area contributed by atoms with Gasteiger partial charge in [0.25, 0.3) is 0 Å². The van der Waals surface area contributed by atoms with E-state index in [1.165, 1.54) is 25.7 Å². The van der Waals surface area contributed by atoms with E-state index in [4.69, 9.17) is 5.11 Å². The maximum absolute atomic E-state index is 12.0. The third-order valence-electron chi connectivity index (χ3n) is 9.56. The van der Waals surface area contributed by atoms with E-state index in [9.17, 15) is 9.59 Å². The third-order valence-corrected chi connectivity index (χ3v) is 9.56. The van der Waals surface area contributed by atoms with Crippen molar-refractivity contribution in [2.75, 3.05) is 0 Å². The molecule has 3 saturated carbocycles. The van der Waals surface area contributed by atoms with E-state index in [0.29, 0.717) is 46.7 Å². The Labute approximate surface area is 164 Å². The fourth-order valence-corrected chi connectivity index (χ4v) is 7.95. The average Bonchev–Trinajstić information content (AvgIpc) is 2.97. The van der Waals surface area contributed by atoms with Crippen molar-refractivity contribution in [1.82, 2.24) is 0 Å². The Hall–Kier alpha value is -1.12. The van der Waals surface area contributed by atoms with Crippen LogP contribution < -0.4 is 0 Å². The molecular formula is C24H36O3. The van der Waals surface area contributed by atoms with Crippen molar-refractivity contribution in [3.63, 3.8) is 0 Å². The first-order chi connectivity index (χ1) is 12.8. The highest BCUT2D eigenvalue weighted by atomic mass is 16.4. The molecule has 3 heteroatoms. The van der Waals surface area contributed by atoms with Gasteiger partial charge in [-0.3, -0.25) is 9.59 Å². The number of ketones is 1. The number of carbonyl (C=O) groups excluding carboxylic acids is 1. The van der Waals surface area contributed by atoms with Gasteiger partial charge in [-0.25, -0.2) is 0 Å². The second kappa shape index (κ2) is 6.74. The molecule has 0 aromatic heterocycles. The number of carboxylic acids is 1. The summed E-state index contributed by atoms with van der Waals surface area (Å²) >= 11 is 0. The summed E-state index contributed by atoms with van der Waals surface area (Å²) in [6, 6.07) is 0. The second-order valence-corrected chi connectivity index (χ2v) is 10.7. The quantitative estimate of drug-likeness (QED) is 0.664. The van der Waals surface area contributed by atoms with Crippen LogP contribution in [0, 0.1) is 46.3 Å². The van der Waals surface area contributed by atoms with E-state index in [0.717, 1.165) is 37.5 Å². The van der Waals surface area contributed by atoms with Gasteiger partial charge in [-0.15, -0.1) is 0 Å². The third kappa shape index (κ3) is 3.00. The molecule has 27 heavy (non-hydrogen) atoms. The Bertz CT molecular complexity index is 652. The fourth-order valence-electron chi connectivity index (χ4n) is 7.95. The van der Waals surface area contributed by atoms with Crippen LogP contribution in [0.15, 0.2) is 12.2 Å². The predicted octanol–water partition coefficient (Wildman–Crippen LogP) is 5.49. The standard InChI is InChI=1S/C24H36O3/c1-15(4-9-22(26)27)19-7-8-20-18-6-5-16-14-17(25)10-12-23(16,2)21(18)11-13-24(19,20)3/h5-6,15-16,18-21H,4,7-14H2,1-3H3,(H,26,27)/t15-,16-,18+,19-,20+,21+,23+,24-/m1/s1. The highest BCUT2D eigenvalue weighted by molar-refractivity contribution is 5.80. The predicted molar refractivity (Wildman–Crippen MR) is 106 cm³/mol. The molecular weight excluding hydrogens is 336 g/mol. The van der Waals surface area contributed by atoms with Crippen LogP contribution >= 0.6 is 0 Å². The van der Waals surface area contributed by atoms with E-state index in [2.05, 4.69) is 32.9 Å². The largest absolute Gasteiger partial charge is 0.481 e. The Morgan fingerprint density at radius 2 is 1.89 bits per heavy atom. The van der Waals surface area contributed by atoms with Crippen LogP contribution in [-0.4, -0.2) is 16.9 Å². The molecule has 4 aliphatic carbocycles. The van der Waals surface area contributed by atoms with E-state index < -0.39 is 5.97 Å². The molecule has 0 aliphatic heterocycles. The van der Waals surface area contributed by atoms with E-state index in [1.54, 1.807) is 0 Å². The Morgan fingerprint density at radius 1 is 1.15 bits per heavy atom. The number of hydrogen-bond acceptors (Lipinski definition) is 2. The summed E-state index contributed by atoms with van der Waals surface area (Å²) in [6.07, 6.45) is 13.8. The minimum Gasteiger partial charge on any atom is -0.481 e. The first-order valence-corrected chi connectivity index (χ1v) is 11.2. The fraction of sp³-hybridized carbons (Fsp3) is 0.833. The molecule has 8 atom stereocenters. The number of fused-ring (bicyclic) bond motifs is 5. The van der Waals surface area contributed by atoms with E-state index >= 15 is 0 Å². The number of carboxylic acid groups (broad SMARTS) is 1. The first-order valence-electron chi connectivity index (χ1n) is 11.2. The van der Waals surface area contributed by atoms with Gasteiger partial charge >= 0.3 is 5.97 Å². The molecule has 0 aromatic rings. The minimum atomic E-state index is -0.661. The van der Waals surface area contributed by atoms with Crippen molar-refractivity contribution in [2.24, 2.45) is 46.3 Å². The topological polar surface area (TPSA) is 54.4 Å². The Kier molecular flexibility index (Phi) is 4.79. The lowest BCUT2D eigenvalue weighted by molar-refractivity contribution is -0.137. The molecule has 4 rings (SSSR count). The zero-order valence-electron chi connectivity index (χ0n) is 17.2. The molecule has 0 heterocycles. The molecule has 0 aromatic carbocycles. The lowest BCUT2D eigenvalue weighted by Gasteiger charge is -2.58. The molecule has 0 radical (unpaired) electrons. The zero-order valence-corrected chi connectivity index (χ0v) is 17.2.